The normalized spacial score (nSPS) is 12.5. The van der Waals surface area contributed by atoms with E-state index in [2.05, 4.69) is 36.0 Å². The summed E-state index contributed by atoms with van der Waals surface area (Å²) in [7, 11) is -2.14. The van der Waals surface area contributed by atoms with Crippen LogP contribution in [0.3, 0.4) is 0 Å². The summed E-state index contributed by atoms with van der Waals surface area (Å²) < 4.78 is 47.1. The molecule has 2 aromatic heterocycles. The Kier molecular flexibility index (Phi) is 11.3. The fraction of sp³-hybridized carbons (Fsp3) is 0.452. The molecule has 0 saturated heterocycles. The van der Waals surface area contributed by atoms with E-state index < -0.39 is 20.2 Å². The molecular formula is C31H42F3N5OSi. The zero-order valence-corrected chi connectivity index (χ0v) is 25.5. The van der Waals surface area contributed by atoms with Crippen molar-refractivity contribution in [3.63, 3.8) is 0 Å². The van der Waals surface area contributed by atoms with Crippen LogP contribution >= 0.6 is 0 Å². The van der Waals surface area contributed by atoms with Crippen LogP contribution in [-0.2, 0) is 6.18 Å². The first-order valence-corrected chi connectivity index (χ1v) is 17.0. The number of benzene rings is 1. The Morgan fingerprint density at radius 3 is 2.12 bits per heavy atom. The molecule has 3 aromatic rings. The van der Waals surface area contributed by atoms with Crippen molar-refractivity contribution < 1.29 is 17.6 Å². The van der Waals surface area contributed by atoms with Gasteiger partial charge in [0.25, 0.3) is 8.32 Å². The molecule has 222 valence electrons. The number of nitrogens with one attached hydrogen (secondary N) is 2. The highest BCUT2D eigenvalue weighted by Gasteiger charge is 2.36. The van der Waals surface area contributed by atoms with Gasteiger partial charge in [-0.25, -0.2) is 4.98 Å². The van der Waals surface area contributed by atoms with E-state index >= 15 is 0 Å². The van der Waals surface area contributed by atoms with Crippen LogP contribution < -0.4 is 10.2 Å². The number of H-pyrrole nitrogens is 1. The number of hydrogen-bond acceptors (Lipinski definition) is 5. The molecule has 0 spiro atoms. The van der Waals surface area contributed by atoms with Crippen LogP contribution in [-0.4, -0.2) is 29.2 Å². The van der Waals surface area contributed by atoms with Crippen LogP contribution in [0.25, 0.3) is 22.5 Å². The van der Waals surface area contributed by atoms with Crippen LogP contribution in [0, 0.1) is 5.41 Å². The Balaban J connectivity index is 2.16. The van der Waals surface area contributed by atoms with Gasteiger partial charge < -0.3 is 10.2 Å². The van der Waals surface area contributed by atoms with Crippen LogP contribution in [0.5, 0.6) is 5.75 Å². The third-order valence-electron chi connectivity index (χ3n) is 7.10. The number of halogens is 3. The first-order chi connectivity index (χ1) is 19.5. The number of nitrogens with zero attached hydrogens (tertiary/aromatic N) is 2. The standard InChI is InChI=1S/C31H42F3N5OSi/c1-5-8-15-41(16-9-6-2,17-10-7-3)40-29-14-12-11-13-24(29)23-19-26(25(36)18-22(4)35)37-27(20-23)28-21-30(39-38-28)31(32,33)34/h11-14,18-21,36H,5-10,15-17,35H2,1-4H3,(H,38,39). The maximum atomic E-state index is 13.3. The Labute approximate surface area is 242 Å². The molecule has 0 atom stereocenters. The average Bonchev–Trinajstić information content (AvgIpc) is 3.45. The number of pyridine rings is 1. The van der Waals surface area contributed by atoms with E-state index in [0.717, 1.165) is 74.0 Å². The minimum absolute atomic E-state index is 0.0395. The molecule has 2 heterocycles. The zero-order valence-electron chi connectivity index (χ0n) is 24.5. The molecule has 6 nitrogen and oxygen atoms in total. The van der Waals surface area contributed by atoms with Gasteiger partial charge in [0.1, 0.15) is 17.1 Å². The largest absolute Gasteiger partial charge is 0.543 e. The number of aromatic amines is 1. The minimum Gasteiger partial charge on any atom is -0.543 e. The molecule has 4 N–H and O–H groups in total. The second kappa shape index (κ2) is 14.5. The van der Waals surface area contributed by atoms with Gasteiger partial charge in [0, 0.05) is 11.3 Å². The van der Waals surface area contributed by atoms with Crippen molar-refractivity contribution in [3.8, 4) is 28.3 Å². The van der Waals surface area contributed by atoms with Gasteiger partial charge in [-0.15, -0.1) is 0 Å². The predicted molar refractivity (Wildman–Crippen MR) is 163 cm³/mol. The van der Waals surface area contributed by atoms with Gasteiger partial charge in [-0.05, 0) is 61.0 Å². The van der Waals surface area contributed by atoms with Gasteiger partial charge in [-0.2, -0.15) is 18.3 Å². The topological polar surface area (TPSA) is 101 Å². The SMILES string of the molecule is CCCC[Si](CCCC)(CCCC)Oc1ccccc1-c1cc(C(=N)C=C(C)N)nc(-c2cc(C(F)(F)F)[nH]n2)c1. The van der Waals surface area contributed by atoms with E-state index in [1.807, 2.05) is 24.3 Å². The van der Waals surface area contributed by atoms with Crippen LogP contribution in [0.1, 0.15) is 77.6 Å². The third-order valence-corrected chi connectivity index (χ3v) is 11.5. The molecule has 1 aromatic carbocycles. The Hall–Kier alpha value is -3.40. The molecule has 0 aliphatic carbocycles. The lowest BCUT2D eigenvalue weighted by Gasteiger charge is -2.33. The second-order valence-corrected chi connectivity index (χ2v) is 14.8. The van der Waals surface area contributed by atoms with Crippen molar-refractivity contribution in [2.45, 2.75) is 90.5 Å². The molecular weight excluding hydrogens is 543 g/mol. The van der Waals surface area contributed by atoms with E-state index in [-0.39, 0.29) is 22.8 Å². The number of rotatable bonds is 15. The summed E-state index contributed by atoms with van der Waals surface area (Å²) in [5, 5.41) is 14.5. The van der Waals surface area contributed by atoms with Gasteiger partial charge >= 0.3 is 6.18 Å². The predicted octanol–water partition coefficient (Wildman–Crippen LogP) is 9.11. The van der Waals surface area contributed by atoms with Gasteiger partial charge in [0.05, 0.1) is 17.1 Å². The summed E-state index contributed by atoms with van der Waals surface area (Å²) in [6, 6.07) is 15.5. The van der Waals surface area contributed by atoms with Crippen LogP contribution in [0.4, 0.5) is 13.2 Å². The van der Waals surface area contributed by atoms with Gasteiger partial charge in [-0.1, -0.05) is 77.5 Å². The number of aromatic nitrogens is 3. The summed E-state index contributed by atoms with van der Waals surface area (Å²) in [4.78, 5) is 4.50. The summed E-state index contributed by atoms with van der Waals surface area (Å²) in [6.45, 7) is 8.29. The zero-order chi connectivity index (χ0) is 30.0. The fourth-order valence-electron chi connectivity index (χ4n) is 4.91. The summed E-state index contributed by atoms with van der Waals surface area (Å²) in [6.07, 6.45) is 3.58. The quantitative estimate of drug-likeness (QED) is 0.122. The van der Waals surface area contributed by atoms with Crippen LogP contribution in [0.2, 0.25) is 18.1 Å². The fourth-order valence-corrected chi connectivity index (χ4v) is 9.60. The lowest BCUT2D eigenvalue weighted by atomic mass is 10.0. The maximum Gasteiger partial charge on any atom is 0.432 e. The Morgan fingerprint density at radius 2 is 1.59 bits per heavy atom. The van der Waals surface area contributed by atoms with Crippen molar-refractivity contribution in [1.29, 1.82) is 5.41 Å². The van der Waals surface area contributed by atoms with Crippen molar-refractivity contribution in [3.05, 3.63) is 65.6 Å². The van der Waals surface area contributed by atoms with E-state index in [4.69, 9.17) is 15.6 Å². The second-order valence-electron chi connectivity index (χ2n) is 10.7. The van der Waals surface area contributed by atoms with Crippen LogP contribution in [0.15, 0.2) is 54.2 Å². The van der Waals surface area contributed by atoms with Crippen molar-refractivity contribution >= 4 is 14.0 Å². The summed E-state index contributed by atoms with van der Waals surface area (Å²) >= 11 is 0. The van der Waals surface area contributed by atoms with Crippen molar-refractivity contribution in [2.24, 2.45) is 5.73 Å². The number of hydrogen-bond donors (Lipinski definition) is 3. The number of allylic oxidation sites excluding steroid dienone is 2. The Bertz CT molecular complexity index is 1310. The molecule has 0 unspecified atom stereocenters. The van der Waals surface area contributed by atoms with Gasteiger partial charge in [-0.3, -0.25) is 10.5 Å². The van der Waals surface area contributed by atoms with Crippen molar-refractivity contribution in [1.82, 2.24) is 15.2 Å². The molecule has 0 fully saturated rings. The van der Waals surface area contributed by atoms with E-state index in [1.54, 1.807) is 19.1 Å². The molecule has 10 heteroatoms. The lowest BCUT2D eigenvalue weighted by molar-refractivity contribution is -0.141. The molecule has 0 amide bonds. The number of alkyl halides is 3. The number of nitrogens with two attached hydrogens (primary N) is 1. The highest BCUT2D eigenvalue weighted by Crippen LogP contribution is 2.38. The molecule has 0 saturated carbocycles. The Morgan fingerprint density at radius 1 is 0.976 bits per heavy atom. The number of para-hydroxylation sites is 1. The molecule has 41 heavy (non-hydrogen) atoms. The lowest BCUT2D eigenvalue weighted by Crippen LogP contribution is -2.41. The summed E-state index contributed by atoms with van der Waals surface area (Å²) in [5.74, 6) is 0.765. The smallest absolute Gasteiger partial charge is 0.432 e. The monoisotopic (exact) mass is 585 g/mol. The van der Waals surface area contributed by atoms with Gasteiger partial charge in [0.15, 0.2) is 0 Å². The maximum absolute atomic E-state index is 13.3. The number of unbranched alkanes of at least 4 members (excludes halogenated alkanes) is 3. The molecule has 0 radical (unpaired) electrons. The molecule has 0 aliphatic rings. The van der Waals surface area contributed by atoms with E-state index in [9.17, 15) is 13.2 Å². The molecule has 0 aliphatic heterocycles. The average molecular weight is 586 g/mol. The first-order valence-electron chi connectivity index (χ1n) is 14.5. The van der Waals surface area contributed by atoms with Crippen molar-refractivity contribution in [2.75, 3.05) is 0 Å². The van der Waals surface area contributed by atoms with Gasteiger partial charge in [0.2, 0.25) is 0 Å². The molecule has 0 bridgehead atoms. The minimum atomic E-state index is -4.57. The third kappa shape index (κ3) is 8.79. The van der Waals surface area contributed by atoms with E-state index in [1.165, 1.54) is 6.08 Å². The highest BCUT2D eigenvalue weighted by atomic mass is 28.4. The molecule has 3 rings (SSSR count). The first kappa shape index (κ1) is 32.1. The van der Waals surface area contributed by atoms with E-state index in [0.29, 0.717) is 11.3 Å². The highest BCUT2D eigenvalue weighted by molar-refractivity contribution is 6.74. The summed E-state index contributed by atoms with van der Waals surface area (Å²) in [5.41, 5.74) is 7.38.